The number of carbonyl (C=O) groups is 2. The van der Waals surface area contributed by atoms with Gasteiger partial charge in [0.1, 0.15) is 0 Å². The second-order valence-electron chi connectivity index (χ2n) is 4.30. The molecule has 0 atom stereocenters. The Kier molecular flexibility index (Phi) is 3.40. The number of hydrogen-bond donors (Lipinski definition) is 0. The number of hydrogen-bond acceptors (Lipinski definition) is 12. The molecule has 0 amide bonds. The van der Waals surface area contributed by atoms with Crippen LogP contribution in [0.5, 0.6) is 0 Å². The van der Waals surface area contributed by atoms with E-state index in [-0.39, 0.29) is 32.6 Å². The zero-order valence-corrected chi connectivity index (χ0v) is 11.9. The summed E-state index contributed by atoms with van der Waals surface area (Å²) in [5.74, 6) is -1.62. The molecule has 1 aliphatic rings. The van der Waals surface area contributed by atoms with Gasteiger partial charge in [-0.2, -0.15) is 0 Å². The van der Waals surface area contributed by atoms with Crippen LogP contribution in [0.1, 0.15) is 25.2 Å². The second-order valence-corrected chi connectivity index (χ2v) is 4.30. The number of aromatic nitrogens is 4. The Bertz CT molecular complexity index is 909. The lowest BCUT2D eigenvalue weighted by molar-refractivity contribution is -0.803. The van der Waals surface area contributed by atoms with E-state index in [9.17, 15) is 20.0 Å². The van der Waals surface area contributed by atoms with Crippen molar-refractivity contribution in [2.45, 2.75) is 13.8 Å². The van der Waals surface area contributed by atoms with Gasteiger partial charge in [0.25, 0.3) is 17.1 Å². The number of rotatable bonds is 2. The van der Waals surface area contributed by atoms with Gasteiger partial charge in [0.2, 0.25) is 0 Å². The van der Waals surface area contributed by atoms with Crippen molar-refractivity contribution in [1.82, 2.24) is 10.3 Å². The van der Waals surface area contributed by atoms with Crippen molar-refractivity contribution >= 4 is 23.4 Å². The highest BCUT2D eigenvalue weighted by Crippen LogP contribution is 2.27. The van der Waals surface area contributed by atoms with Gasteiger partial charge in [-0.3, -0.25) is 9.26 Å². The van der Waals surface area contributed by atoms with Crippen molar-refractivity contribution in [3.63, 3.8) is 0 Å². The zero-order chi connectivity index (χ0) is 17.4. The third-order valence-corrected chi connectivity index (χ3v) is 2.65. The van der Waals surface area contributed by atoms with Gasteiger partial charge in [-0.15, -0.1) is 0 Å². The summed E-state index contributed by atoms with van der Waals surface area (Å²) < 4.78 is 8.84. The molecular weight excluding hydrogens is 332 g/mol. The molecule has 1 aliphatic carbocycles. The highest BCUT2D eigenvalue weighted by atomic mass is 16.8. The molecule has 0 radical (unpaired) electrons. The first-order valence-corrected chi connectivity index (χ1v) is 6.12. The lowest BCUT2D eigenvalue weighted by Gasteiger charge is -2.06. The maximum Gasteiger partial charge on any atom is 0.332 e. The third-order valence-electron chi connectivity index (χ3n) is 2.65. The maximum atomic E-state index is 11.8. The van der Waals surface area contributed by atoms with Crippen LogP contribution in [0.15, 0.2) is 19.6 Å². The van der Waals surface area contributed by atoms with Crippen LogP contribution < -0.4 is 9.81 Å². The fourth-order valence-corrected chi connectivity index (χ4v) is 1.82. The SMILES string of the molecule is CC(=O)O/N=C1\C(=N\OC(C)=O)c2c(no[n+]2[O-])-c2c1no[n+]2[O-]. The Hall–Kier alpha value is -3.84. The van der Waals surface area contributed by atoms with Gasteiger partial charge in [-0.05, 0) is 9.81 Å². The Labute approximate surface area is 130 Å². The predicted molar refractivity (Wildman–Crippen MR) is 66.5 cm³/mol. The minimum Gasteiger partial charge on any atom is -0.359 e. The summed E-state index contributed by atoms with van der Waals surface area (Å²) in [5, 5.41) is 37.3. The number of carbonyl (C=O) groups excluding carboxylic acids is 2. The van der Waals surface area contributed by atoms with Gasteiger partial charge < -0.3 is 20.1 Å². The molecule has 0 aromatic carbocycles. The number of nitrogens with zero attached hydrogens (tertiary/aromatic N) is 6. The molecule has 2 heterocycles. The van der Waals surface area contributed by atoms with Crippen molar-refractivity contribution in [1.29, 1.82) is 0 Å². The van der Waals surface area contributed by atoms with Crippen LogP contribution in [-0.2, 0) is 19.3 Å². The van der Waals surface area contributed by atoms with Gasteiger partial charge in [-0.25, -0.2) is 9.59 Å². The van der Waals surface area contributed by atoms with Crippen molar-refractivity contribution in [2.75, 3.05) is 0 Å². The van der Waals surface area contributed by atoms with Crippen LogP contribution in [0.3, 0.4) is 0 Å². The average Bonchev–Trinajstić information content (AvgIpc) is 3.07. The largest absolute Gasteiger partial charge is 0.359 e. The van der Waals surface area contributed by atoms with Crippen LogP contribution in [0, 0.1) is 10.4 Å². The lowest BCUT2D eigenvalue weighted by atomic mass is 9.97. The van der Waals surface area contributed by atoms with Crippen molar-refractivity contribution < 1.29 is 38.3 Å². The molecule has 2 aromatic rings. The van der Waals surface area contributed by atoms with Gasteiger partial charge in [-0.1, -0.05) is 10.3 Å². The Balaban J connectivity index is 2.27. The first-order valence-electron chi connectivity index (χ1n) is 6.12. The first kappa shape index (κ1) is 15.1. The Morgan fingerprint density at radius 3 is 2.00 bits per heavy atom. The summed E-state index contributed by atoms with van der Waals surface area (Å²) in [6, 6.07) is 0. The molecule has 14 heteroatoms. The molecule has 0 spiro atoms. The van der Waals surface area contributed by atoms with Gasteiger partial charge in [0.05, 0.1) is 5.16 Å². The van der Waals surface area contributed by atoms with E-state index in [0.29, 0.717) is 0 Å². The summed E-state index contributed by atoms with van der Waals surface area (Å²) in [7, 11) is 0. The summed E-state index contributed by atoms with van der Waals surface area (Å²) >= 11 is 0. The predicted octanol–water partition coefficient (Wildman–Crippen LogP) is -1.86. The zero-order valence-electron chi connectivity index (χ0n) is 11.9. The molecule has 124 valence electrons. The van der Waals surface area contributed by atoms with Crippen LogP contribution in [0.25, 0.3) is 11.4 Å². The molecular formula is C10H6N6O8. The monoisotopic (exact) mass is 338 g/mol. The third kappa shape index (κ3) is 2.31. The standard InChI is InChI=1S/C10H6N6O8/c1-3(17)21-11-5-6(12-22-4(2)18)9-8(14-24-15(9)19)10-7(5)13-23-16(10)20/h1-2H3/b11-5+,12-6-. The number of oxime groups is 2. The van der Waals surface area contributed by atoms with E-state index >= 15 is 0 Å². The summed E-state index contributed by atoms with van der Waals surface area (Å²) in [6.07, 6.45) is 0. The molecule has 24 heavy (non-hydrogen) atoms. The molecule has 0 bridgehead atoms. The molecule has 0 fully saturated rings. The maximum absolute atomic E-state index is 11.8. The van der Waals surface area contributed by atoms with E-state index in [0.717, 1.165) is 13.8 Å². The molecule has 2 aromatic heterocycles. The summed E-state index contributed by atoms with van der Waals surface area (Å²) in [4.78, 5) is 30.8. The van der Waals surface area contributed by atoms with Gasteiger partial charge >= 0.3 is 17.6 Å². The molecule has 0 unspecified atom stereocenters. The highest BCUT2D eigenvalue weighted by Gasteiger charge is 2.47. The minimum absolute atomic E-state index is 0.0530. The average molecular weight is 338 g/mol. The van der Waals surface area contributed by atoms with Crippen molar-refractivity contribution in [3.8, 4) is 11.4 Å². The van der Waals surface area contributed by atoms with E-state index in [4.69, 9.17) is 0 Å². The van der Waals surface area contributed by atoms with Crippen LogP contribution in [0.2, 0.25) is 0 Å². The normalized spacial score (nSPS) is 15.9. The summed E-state index contributed by atoms with van der Waals surface area (Å²) in [6.45, 7) is 2.12. The molecule has 0 saturated heterocycles. The van der Waals surface area contributed by atoms with Crippen LogP contribution in [-0.4, -0.2) is 33.7 Å². The summed E-state index contributed by atoms with van der Waals surface area (Å²) in [5.41, 5.74) is -2.04. The van der Waals surface area contributed by atoms with Crippen LogP contribution >= 0.6 is 0 Å². The van der Waals surface area contributed by atoms with Gasteiger partial charge in [0.15, 0.2) is 11.4 Å². The molecule has 0 N–H and O–H groups in total. The molecule has 14 nitrogen and oxygen atoms in total. The van der Waals surface area contributed by atoms with E-state index in [1.54, 1.807) is 0 Å². The second kappa shape index (κ2) is 5.41. The fraction of sp³-hybridized carbons (Fsp3) is 0.200. The lowest BCUT2D eigenvalue weighted by Crippen LogP contribution is -2.39. The fourth-order valence-electron chi connectivity index (χ4n) is 1.82. The highest BCUT2D eigenvalue weighted by molar-refractivity contribution is 6.55. The van der Waals surface area contributed by atoms with E-state index < -0.39 is 23.3 Å². The van der Waals surface area contributed by atoms with Gasteiger partial charge in [0, 0.05) is 19.0 Å². The molecule has 0 saturated carbocycles. The topological polar surface area (TPSA) is 183 Å². The molecule has 0 aliphatic heterocycles. The Morgan fingerprint density at radius 1 is 0.917 bits per heavy atom. The smallest absolute Gasteiger partial charge is 0.332 e. The van der Waals surface area contributed by atoms with Crippen LogP contribution in [0.4, 0.5) is 0 Å². The van der Waals surface area contributed by atoms with E-state index in [1.165, 1.54) is 0 Å². The Morgan fingerprint density at radius 2 is 1.42 bits per heavy atom. The first-order chi connectivity index (χ1) is 11.4. The minimum atomic E-state index is -0.811. The van der Waals surface area contributed by atoms with E-state index in [2.05, 4.69) is 39.6 Å². The molecule has 3 rings (SSSR count). The quantitative estimate of drug-likeness (QED) is 0.342. The van der Waals surface area contributed by atoms with Crippen molar-refractivity contribution in [2.24, 2.45) is 10.3 Å². The van der Waals surface area contributed by atoms with Crippen molar-refractivity contribution in [3.05, 3.63) is 21.8 Å². The van der Waals surface area contributed by atoms with E-state index in [1.807, 2.05) is 0 Å². The number of fused-ring (bicyclic) bond motifs is 3.